The molecule has 2 rings (SSSR count). The number of amides is 1. The summed E-state index contributed by atoms with van der Waals surface area (Å²) in [6.07, 6.45) is -0.570. The second-order valence-electron chi connectivity index (χ2n) is 5.50. The average Bonchev–Trinajstić information content (AvgIpc) is 3.05. The average molecular weight is 411 g/mol. The first-order valence-electron chi connectivity index (χ1n) is 8.10. The molecular formula is C15H23ClN2O5S2. The zero-order valence-electron chi connectivity index (χ0n) is 14.3. The second kappa shape index (κ2) is 9.29. The lowest BCUT2D eigenvalue weighted by atomic mass is 10.3. The predicted octanol–water partition coefficient (Wildman–Crippen LogP) is 1.68. The molecule has 0 saturated carbocycles. The normalized spacial score (nSPS) is 17.6. The number of hydrogen-bond donors (Lipinski definition) is 0. The van der Waals surface area contributed by atoms with Crippen molar-refractivity contribution in [1.82, 2.24) is 9.21 Å². The molecule has 1 amide bonds. The molecule has 1 aliphatic heterocycles. The molecule has 1 atom stereocenters. The molecule has 0 aliphatic carbocycles. The van der Waals surface area contributed by atoms with E-state index in [-0.39, 0.29) is 23.2 Å². The minimum absolute atomic E-state index is 0.132. The minimum atomic E-state index is -3.55. The molecule has 0 radical (unpaired) electrons. The Morgan fingerprint density at radius 3 is 2.52 bits per heavy atom. The number of carbonyl (C=O) groups excluding carboxylic acids is 1. The minimum Gasteiger partial charge on any atom is -0.379 e. The quantitative estimate of drug-likeness (QED) is 0.609. The number of halogens is 1. The fourth-order valence-corrected chi connectivity index (χ4v) is 5.53. The van der Waals surface area contributed by atoms with Crippen molar-refractivity contribution in [2.75, 3.05) is 46.0 Å². The molecule has 7 nitrogen and oxygen atoms in total. The van der Waals surface area contributed by atoms with Crippen molar-refractivity contribution < 1.29 is 22.7 Å². The van der Waals surface area contributed by atoms with Gasteiger partial charge in [0.05, 0.1) is 17.6 Å². The van der Waals surface area contributed by atoms with Crippen LogP contribution >= 0.6 is 22.9 Å². The summed E-state index contributed by atoms with van der Waals surface area (Å²) in [6.45, 7) is 6.21. The monoisotopic (exact) mass is 410 g/mol. The summed E-state index contributed by atoms with van der Waals surface area (Å²) < 4.78 is 37.8. The van der Waals surface area contributed by atoms with Gasteiger partial charge in [0.15, 0.2) is 0 Å². The van der Waals surface area contributed by atoms with Crippen LogP contribution in [0, 0.1) is 0 Å². The number of sulfonamides is 1. The SMILES string of the molecule is CCOCCOC(C)C(=O)N1CCN(S(=O)(=O)c2ccc(Cl)s2)CC1. The van der Waals surface area contributed by atoms with Crippen molar-refractivity contribution in [3.05, 3.63) is 16.5 Å². The summed E-state index contributed by atoms with van der Waals surface area (Å²) in [6, 6.07) is 3.08. The maximum Gasteiger partial charge on any atom is 0.252 e. The van der Waals surface area contributed by atoms with Gasteiger partial charge in [-0.3, -0.25) is 4.79 Å². The van der Waals surface area contributed by atoms with Crippen LogP contribution in [0.2, 0.25) is 4.34 Å². The van der Waals surface area contributed by atoms with E-state index in [4.69, 9.17) is 21.1 Å². The molecule has 1 fully saturated rings. The van der Waals surface area contributed by atoms with E-state index in [9.17, 15) is 13.2 Å². The Hall–Kier alpha value is -0.710. The first-order valence-corrected chi connectivity index (χ1v) is 10.7. The number of piperazine rings is 1. The summed E-state index contributed by atoms with van der Waals surface area (Å²) in [4.78, 5) is 14.0. The van der Waals surface area contributed by atoms with Crippen molar-refractivity contribution in [2.45, 2.75) is 24.2 Å². The molecule has 1 saturated heterocycles. The fraction of sp³-hybridized carbons (Fsp3) is 0.667. The van der Waals surface area contributed by atoms with Crippen LogP contribution in [0.5, 0.6) is 0 Å². The lowest BCUT2D eigenvalue weighted by Gasteiger charge is -2.34. The topological polar surface area (TPSA) is 76.2 Å². The van der Waals surface area contributed by atoms with E-state index in [1.165, 1.54) is 10.4 Å². The second-order valence-corrected chi connectivity index (χ2v) is 9.38. The lowest BCUT2D eigenvalue weighted by molar-refractivity contribution is -0.144. The highest BCUT2D eigenvalue weighted by molar-refractivity contribution is 7.91. The summed E-state index contributed by atoms with van der Waals surface area (Å²) in [5.41, 5.74) is 0. The third-order valence-corrected chi connectivity index (χ3v) is 7.44. The van der Waals surface area contributed by atoms with Crippen LogP contribution in [0.15, 0.2) is 16.3 Å². The van der Waals surface area contributed by atoms with Gasteiger partial charge >= 0.3 is 0 Å². The Morgan fingerprint density at radius 2 is 1.96 bits per heavy atom. The van der Waals surface area contributed by atoms with Crippen molar-refractivity contribution in [2.24, 2.45) is 0 Å². The van der Waals surface area contributed by atoms with E-state index in [1.54, 1.807) is 17.9 Å². The molecule has 2 heterocycles. The van der Waals surface area contributed by atoms with Crippen LogP contribution in [0.4, 0.5) is 0 Å². The van der Waals surface area contributed by atoms with Gasteiger partial charge < -0.3 is 14.4 Å². The van der Waals surface area contributed by atoms with Crippen LogP contribution in [0.3, 0.4) is 0 Å². The van der Waals surface area contributed by atoms with Crippen LogP contribution in [-0.2, 0) is 24.3 Å². The van der Waals surface area contributed by atoms with Crippen molar-refractivity contribution in [3.8, 4) is 0 Å². The molecule has 0 spiro atoms. The zero-order chi connectivity index (χ0) is 18.4. The third kappa shape index (κ3) is 5.38. The Kier molecular flexibility index (Phi) is 7.66. The van der Waals surface area contributed by atoms with Crippen LogP contribution in [-0.4, -0.2) is 75.6 Å². The molecule has 0 aromatic carbocycles. The van der Waals surface area contributed by atoms with E-state index in [0.29, 0.717) is 37.2 Å². The Labute approximate surface area is 157 Å². The maximum absolute atomic E-state index is 12.5. The van der Waals surface area contributed by atoms with E-state index in [1.807, 2.05) is 6.92 Å². The van der Waals surface area contributed by atoms with E-state index in [2.05, 4.69) is 0 Å². The highest BCUT2D eigenvalue weighted by atomic mass is 35.5. The predicted molar refractivity (Wildman–Crippen MR) is 96.6 cm³/mol. The van der Waals surface area contributed by atoms with Crippen molar-refractivity contribution >= 4 is 38.9 Å². The lowest BCUT2D eigenvalue weighted by Crippen LogP contribution is -2.52. The molecule has 25 heavy (non-hydrogen) atoms. The largest absolute Gasteiger partial charge is 0.379 e. The Morgan fingerprint density at radius 1 is 1.28 bits per heavy atom. The number of ether oxygens (including phenoxy) is 2. The summed E-state index contributed by atoms with van der Waals surface area (Å²) in [5.74, 6) is -0.132. The summed E-state index contributed by atoms with van der Waals surface area (Å²) in [5, 5.41) is 0. The van der Waals surface area contributed by atoms with Crippen molar-refractivity contribution in [3.63, 3.8) is 0 Å². The summed E-state index contributed by atoms with van der Waals surface area (Å²) >= 11 is 6.86. The van der Waals surface area contributed by atoms with Gasteiger partial charge in [0, 0.05) is 32.8 Å². The molecule has 142 valence electrons. The molecule has 1 aliphatic rings. The van der Waals surface area contributed by atoms with Gasteiger partial charge in [0.25, 0.3) is 15.9 Å². The Balaban J connectivity index is 1.85. The van der Waals surface area contributed by atoms with Gasteiger partial charge in [-0.25, -0.2) is 8.42 Å². The van der Waals surface area contributed by atoms with Crippen LogP contribution < -0.4 is 0 Å². The summed E-state index contributed by atoms with van der Waals surface area (Å²) in [7, 11) is -3.55. The zero-order valence-corrected chi connectivity index (χ0v) is 16.7. The fourth-order valence-electron chi connectivity index (χ4n) is 2.47. The molecule has 0 N–H and O–H groups in total. The van der Waals surface area contributed by atoms with E-state index in [0.717, 1.165) is 11.3 Å². The van der Waals surface area contributed by atoms with Gasteiger partial charge in [0.1, 0.15) is 10.3 Å². The molecule has 0 bridgehead atoms. The molecule has 10 heteroatoms. The smallest absolute Gasteiger partial charge is 0.252 e. The van der Waals surface area contributed by atoms with Crippen molar-refractivity contribution in [1.29, 1.82) is 0 Å². The van der Waals surface area contributed by atoms with E-state index < -0.39 is 16.1 Å². The highest BCUT2D eigenvalue weighted by Crippen LogP contribution is 2.28. The van der Waals surface area contributed by atoms with E-state index >= 15 is 0 Å². The number of carbonyl (C=O) groups is 1. The maximum atomic E-state index is 12.5. The van der Waals surface area contributed by atoms with Gasteiger partial charge in [0.2, 0.25) is 0 Å². The third-order valence-electron chi connectivity index (χ3n) is 3.84. The molecular weight excluding hydrogens is 388 g/mol. The standard InChI is InChI=1S/C15H23ClN2O5S2/c1-3-22-10-11-23-12(2)15(19)17-6-8-18(9-7-17)25(20,21)14-5-4-13(16)24-14/h4-5,12H,3,6-11H2,1-2H3. The molecule has 1 aromatic rings. The molecule has 1 aromatic heterocycles. The highest BCUT2D eigenvalue weighted by Gasteiger charge is 2.32. The van der Waals surface area contributed by atoms with Crippen LogP contribution in [0.1, 0.15) is 13.8 Å². The Bertz CT molecular complexity index is 671. The number of nitrogens with zero attached hydrogens (tertiary/aromatic N) is 2. The number of hydrogen-bond acceptors (Lipinski definition) is 6. The van der Waals surface area contributed by atoms with Gasteiger partial charge in [-0.05, 0) is 26.0 Å². The first kappa shape index (κ1) is 20.6. The first-order chi connectivity index (χ1) is 11.9. The van der Waals surface area contributed by atoms with Crippen LogP contribution in [0.25, 0.3) is 0 Å². The number of rotatable bonds is 8. The van der Waals surface area contributed by atoms with Gasteiger partial charge in [-0.15, -0.1) is 11.3 Å². The van der Waals surface area contributed by atoms with Gasteiger partial charge in [-0.1, -0.05) is 11.6 Å². The molecule has 1 unspecified atom stereocenters. The number of thiophene rings is 1. The van der Waals surface area contributed by atoms with Gasteiger partial charge in [-0.2, -0.15) is 4.31 Å².